The third kappa shape index (κ3) is 2.72. The monoisotopic (exact) mass is 358 g/mol. The first-order chi connectivity index (χ1) is 13.2. The first-order valence-corrected chi connectivity index (χ1v) is 9.24. The largest absolute Gasteiger partial charge is 0.346 e. The molecule has 0 amide bonds. The highest BCUT2D eigenvalue weighted by atomic mass is 15.2. The Bertz CT molecular complexity index is 1100. The lowest BCUT2D eigenvalue weighted by Gasteiger charge is -2.33. The molecule has 136 valence electrons. The molecule has 0 unspecified atom stereocenters. The van der Waals surface area contributed by atoms with E-state index in [0.717, 1.165) is 41.0 Å². The van der Waals surface area contributed by atoms with Crippen LogP contribution in [0.15, 0.2) is 55.4 Å². The van der Waals surface area contributed by atoms with Gasteiger partial charge in [0.05, 0.1) is 23.7 Å². The summed E-state index contributed by atoms with van der Waals surface area (Å²) in [7, 11) is 0. The summed E-state index contributed by atoms with van der Waals surface area (Å²) in [6, 6.07) is 10.6. The predicted octanol–water partition coefficient (Wildman–Crippen LogP) is 4.65. The van der Waals surface area contributed by atoms with Gasteiger partial charge in [-0.05, 0) is 37.1 Å². The van der Waals surface area contributed by atoms with Gasteiger partial charge in [0.1, 0.15) is 17.8 Å². The number of hydrogen-bond acceptors (Lipinski definition) is 3. The first kappa shape index (κ1) is 17.1. The number of hydrogen-bond donors (Lipinski definition) is 1. The topological polar surface area (TPSA) is 75.2 Å². The third-order valence-corrected chi connectivity index (χ3v) is 5.55. The molecule has 27 heavy (non-hydrogen) atoms. The molecule has 0 aliphatic heterocycles. The van der Waals surface area contributed by atoms with Crippen molar-refractivity contribution in [1.29, 1.82) is 5.26 Å². The molecule has 0 atom stereocenters. The van der Waals surface area contributed by atoms with E-state index in [9.17, 15) is 5.26 Å². The highest BCUT2D eigenvalue weighted by molar-refractivity contribution is 5.90. The summed E-state index contributed by atoms with van der Waals surface area (Å²) in [5.74, 6) is 1.06. The van der Waals surface area contributed by atoms with Crippen LogP contribution in [0.25, 0.3) is 28.1 Å². The minimum absolute atomic E-state index is 0.194. The summed E-state index contributed by atoms with van der Waals surface area (Å²) < 4.78 is 4.35. The van der Waals surface area contributed by atoms with E-state index in [4.69, 9.17) is 0 Å². The van der Waals surface area contributed by atoms with Gasteiger partial charge in [-0.15, -0.1) is 0 Å². The number of aromatic amines is 1. The van der Waals surface area contributed by atoms with E-state index >= 15 is 0 Å². The fourth-order valence-electron chi connectivity index (χ4n) is 3.84. The number of H-pyrrole nitrogens is 1. The lowest BCUT2D eigenvalue weighted by atomic mass is 9.89. The Morgan fingerprint density at radius 2 is 2.00 bits per heavy atom. The van der Waals surface area contributed by atoms with Crippen molar-refractivity contribution in [2.45, 2.75) is 38.6 Å². The van der Waals surface area contributed by atoms with Crippen LogP contribution in [0.2, 0.25) is 0 Å². The minimum Gasteiger partial charge on any atom is -0.346 e. The van der Waals surface area contributed by atoms with Gasteiger partial charge < -0.3 is 14.1 Å². The second kappa shape index (κ2) is 6.76. The first-order valence-electron chi connectivity index (χ1n) is 9.24. The summed E-state index contributed by atoms with van der Waals surface area (Å²) in [5.41, 5.74) is 2.59. The molecule has 6 nitrogen and oxygen atoms in total. The molecule has 0 saturated carbocycles. The lowest BCUT2D eigenvalue weighted by molar-refractivity contribution is 0.266. The Kier molecular flexibility index (Phi) is 4.28. The van der Waals surface area contributed by atoms with Crippen LogP contribution in [-0.2, 0) is 5.54 Å². The lowest BCUT2D eigenvalue weighted by Crippen LogP contribution is -2.32. The van der Waals surface area contributed by atoms with Crippen molar-refractivity contribution in [3.63, 3.8) is 0 Å². The maximum absolute atomic E-state index is 9.37. The van der Waals surface area contributed by atoms with Crippen LogP contribution >= 0.6 is 0 Å². The Morgan fingerprint density at radius 1 is 1.15 bits per heavy atom. The van der Waals surface area contributed by atoms with Gasteiger partial charge in [-0.2, -0.15) is 5.26 Å². The Balaban J connectivity index is 1.79. The highest BCUT2D eigenvalue weighted by Crippen LogP contribution is 2.33. The SMILES string of the molecule is CCC(CC)(CC#N)n1cccc1-n1ccc(-c2ncnc3[nH]ccc23)c1. The molecule has 0 bridgehead atoms. The van der Waals surface area contributed by atoms with Gasteiger partial charge in [-0.1, -0.05) is 13.8 Å². The molecule has 4 rings (SSSR count). The van der Waals surface area contributed by atoms with Gasteiger partial charge in [0.25, 0.3) is 0 Å². The predicted molar refractivity (Wildman–Crippen MR) is 105 cm³/mol. The summed E-state index contributed by atoms with van der Waals surface area (Å²) in [5, 5.41) is 10.4. The molecule has 0 aliphatic carbocycles. The Hall–Kier alpha value is -3.33. The molecular formula is C21H22N6. The molecule has 4 aromatic rings. The van der Waals surface area contributed by atoms with Gasteiger partial charge in [0.2, 0.25) is 0 Å². The number of aromatic nitrogens is 5. The van der Waals surface area contributed by atoms with E-state index in [0.29, 0.717) is 6.42 Å². The van der Waals surface area contributed by atoms with Gasteiger partial charge in [0.15, 0.2) is 0 Å². The maximum atomic E-state index is 9.37. The Labute approximate surface area is 158 Å². The zero-order valence-electron chi connectivity index (χ0n) is 15.6. The van der Waals surface area contributed by atoms with Crippen molar-refractivity contribution in [1.82, 2.24) is 24.1 Å². The van der Waals surface area contributed by atoms with Crippen molar-refractivity contribution < 1.29 is 0 Å². The molecule has 0 aromatic carbocycles. The summed E-state index contributed by atoms with van der Waals surface area (Å²) >= 11 is 0. The van der Waals surface area contributed by atoms with Crippen LogP contribution in [0.5, 0.6) is 0 Å². The maximum Gasteiger partial charge on any atom is 0.141 e. The van der Waals surface area contributed by atoms with E-state index < -0.39 is 0 Å². The fraction of sp³-hybridized carbons (Fsp3) is 0.286. The quantitative estimate of drug-likeness (QED) is 0.545. The van der Waals surface area contributed by atoms with Crippen LogP contribution in [-0.4, -0.2) is 24.1 Å². The number of rotatable bonds is 6. The summed E-state index contributed by atoms with van der Waals surface area (Å²) in [6.45, 7) is 4.30. The average molecular weight is 358 g/mol. The Morgan fingerprint density at radius 3 is 2.78 bits per heavy atom. The van der Waals surface area contributed by atoms with Crippen LogP contribution in [0.3, 0.4) is 0 Å². The van der Waals surface area contributed by atoms with Crippen LogP contribution in [0, 0.1) is 11.3 Å². The standard InChI is InChI=1S/C21H22N6/c1-3-21(4-2,9-10-22)27-12-5-6-18(27)26-13-8-16(14-26)19-17-7-11-23-20(17)25-15-24-19/h5-8,11-15H,3-4,9H2,1-2H3,(H,23,24,25). The summed E-state index contributed by atoms with van der Waals surface area (Å²) in [6.07, 6.45) is 12.0. The highest BCUT2D eigenvalue weighted by Gasteiger charge is 2.29. The van der Waals surface area contributed by atoms with E-state index in [2.05, 4.69) is 68.5 Å². The molecule has 6 heteroatoms. The van der Waals surface area contributed by atoms with Gasteiger partial charge in [0, 0.05) is 35.7 Å². The molecular weight excluding hydrogens is 336 g/mol. The number of nitrogens with one attached hydrogen (secondary N) is 1. The molecule has 4 heterocycles. The van der Waals surface area contributed by atoms with E-state index in [1.807, 2.05) is 24.5 Å². The van der Waals surface area contributed by atoms with Crippen molar-refractivity contribution in [2.24, 2.45) is 0 Å². The van der Waals surface area contributed by atoms with E-state index in [1.54, 1.807) is 6.33 Å². The minimum atomic E-state index is -0.194. The fourth-order valence-corrected chi connectivity index (χ4v) is 3.84. The van der Waals surface area contributed by atoms with Crippen molar-refractivity contribution in [3.05, 3.63) is 55.4 Å². The van der Waals surface area contributed by atoms with E-state index in [-0.39, 0.29) is 5.54 Å². The molecule has 0 fully saturated rings. The number of fused-ring (bicyclic) bond motifs is 1. The smallest absolute Gasteiger partial charge is 0.141 e. The molecule has 0 radical (unpaired) electrons. The normalized spacial score (nSPS) is 11.7. The third-order valence-electron chi connectivity index (χ3n) is 5.55. The molecule has 0 spiro atoms. The second-order valence-corrected chi connectivity index (χ2v) is 6.77. The molecule has 4 aromatic heterocycles. The van der Waals surface area contributed by atoms with Crippen molar-refractivity contribution in [3.8, 4) is 23.1 Å². The molecule has 0 aliphatic rings. The van der Waals surface area contributed by atoms with Crippen LogP contribution < -0.4 is 0 Å². The van der Waals surface area contributed by atoms with Gasteiger partial charge in [-0.25, -0.2) is 9.97 Å². The van der Waals surface area contributed by atoms with Crippen LogP contribution in [0.4, 0.5) is 0 Å². The average Bonchev–Trinajstić information content (AvgIpc) is 3.45. The number of nitriles is 1. The van der Waals surface area contributed by atoms with Gasteiger partial charge in [-0.3, -0.25) is 0 Å². The van der Waals surface area contributed by atoms with Crippen molar-refractivity contribution in [2.75, 3.05) is 0 Å². The van der Waals surface area contributed by atoms with E-state index in [1.165, 1.54) is 0 Å². The zero-order valence-corrected chi connectivity index (χ0v) is 15.6. The number of nitrogens with zero attached hydrogens (tertiary/aromatic N) is 5. The summed E-state index contributed by atoms with van der Waals surface area (Å²) in [4.78, 5) is 11.9. The zero-order chi connectivity index (χ0) is 18.9. The molecule has 1 N–H and O–H groups in total. The second-order valence-electron chi connectivity index (χ2n) is 6.77. The van der Waals surface area contributed by atoms with Gasteiger partial charge >= 0.3 is 0 Å². The molecule has 0 saturated heterocycles. The van der Waals surface area contributed by atoms with Crippen molar-refractivity contribution >= 4 is 11.0 Å². The van der Waals surface area contributed by atoms with Crippen LogP contribution in [0.1, 0.15) is 33.1 Å².